The fraction of sp³-hybridized carbons (Fsp3) is 0.571. The number of benzene rings is 1. The van der Waals surface area contributed by atoms with Crippen LogP contribution in [0.4, 0.5) is 0 Å². The third kappa shape index (κ3) is 6.23. The monoisotopic (exact) mass is 440 g/mol. The quantitative estimate of drug-likeness (QED) is 0.599. The van der Waals surface area contributed by atoms with Crippen LogP contribution in [0.25, 0.3) is 6.08 Å². The van der Waals surface area contributed by atoms with Crippen molar-refractivity contribution in [1.29, 1.82) is 0 Å². The number of nitrogens with zero attached hydrogens (tertiary/aromatic N) is 1. The molecule has 0 heterocycles. The highest BCUT2D eigenvalue weighted by Gasteiger charge is 2.29. The fourth-order valence-corrected chi connectivity index (χ4v) is 6.54. The standard InChI is InChI=1S/C21H32N2O4S2/c1-4-23(5-2)29(26,27)18-14-11-17(12-15-18)13-16-21(24)22-19-9-7-8-10-20(19)28(25)6-3/h11-16,19-20H,4-10H2,1-3H3,(H,22,24)/b16-13-/t19-,20+,28+/m1/s1. The maximum Gasteiger partial charge on any atom is 0.244 e. The molecule has 1 fully saturated rings. The van der Waals surface area contributed by atoms with E-state index >= 15 is 0 Å². The first-order valence-electron chi connectivity index (χ1n) is 10.3. The second-order valence-corrected chi connectivity index (χ2v) is 11.0. The third-order valence-electron chi connectivity index (χ3n) is 5.30. The van der Waals surface area contributed by atoms with Crippen LogP contribution in [0.5, 0.6) is 0 Å². The van der Waals surface area contributed by atoms with Crippen molar-refractivity contribution in [2.75, 3.05) is 18.8 Å². The summed E-state index contributed by atoms with van der Waals surface area (Å²) < 4.78 is 38.7. The summed E-state index contributed by atoms with van der Waals surface area (Å²) in [5, 5.41) is 3.02. The van der Waals surface area contributed by atoms with Crippen molar-refractivity contribution in [2.24, 2.45) is 0 Å². The lowest BCUT2D eigenvalue weighted by Crippen LogP contribution is -2.46. The van der Waals surface area contributed by atoms with Gasteiger partial charge in [-0.1, -0.05) is 45.7 Å². The molecule has 1 amide bonds. The molecule has 1 aromatic carbocycles. The zero-order chi connectivity index (χ0) is 21.4. The van der Waals surface area contributed by atoms with Crippen LogP contribution < -0.4 is 5.32 Å². The van der Waals surface area contributed by atoms with Gasteiger partial charge in [-0.2, -0.15) is 4.31 Å². The summed E-state index contributed by atoms with van der Waals surface area (Å²) in [6.07, 6.45) is 6.95. The van der Waals surface area contributed by atoms with Crippen LogP contribution in [0.2, 0.25) is 0 Å². The van der Waals surface area contributed by atoms with Gasteiger partial charge in [0, 0.05) is 41.8 Å². The number of rotatable bonds is 9. The summed E-state index contributed by atoms with van der Waals surface area (Å²) in [4.78, 5) is 12.6. The molecule has 0 radical (unpaired) electrons. The van der Waals surface area contributed by atoms with Crippen molar-refractivity contribution in [3.8, 4) is 0 Å². The van der Waals surface area contributed by atoms with Gasteiger partial charge in [0.25, 0.3) is 0 Å². The Morgan fingerprint density at radius 2 is 1.76 bits per heavy atom. The first kappa shape index (κ1) is 23.8. The van der Waals surface area contributed by atoms with Gasteiger partial charge in [0.1, 0.15) is 0 Å². The SMILES string of the molecule is CCN(CC)S(=O)(=O)c1ccc(/C=C\C(=O)N[C@@H]2CCCC[C@@H]2[S@@](=O)CC)cc1. The minimum absolute atomic E-state index is 0.0238. The highest BCUT2D eigenvalue weighted by molar-refractivity contribution is 7.89. The van der Waals surface area contributed by atoms with Gasteiger partial charge in [-0.05, 0) is 36.6 Å². The molecule has 0 aliphatic heterocycles. The topological polar surface area (TPSA) is 83.6 Å². The van der Waals surface area contributed by atoms with E-state index in [9.17, 15) is 17.4 Å². The molecule has 0 aromatic heterocycles. The Morgan fingerprint density at radius 1 is 1.14 bits per heavy atom. The maximum atomic E-state index is 12.5. The molecule has 6 nitrogen and oxygen atoms in total. The van der Waals surface area contributed by atoms with Gasteiger partial charge in [0.2, 0.25) is 15.9 Å². The molecule has 1 N–H and O–H groups in total. The lowest BCUT2D eigenvalue weighted by atomic mass is 9.95. The number of carbonyl (C=O) groups is 1. The predicted octanol–water partition coefficient (Wildman–Crippen LogP) is 2.93. The van der Waals surface area contributed by atoms with Crippen LogP contribution in [0, 0.1) is 0 Å². The van der Waals surface area contributed by atoms with E-state index in [1.807, 2.05) is 20.8 Å². The van der Waals surface area contributed by atoms with Gasteiger partial charge in [-0.15, -0.1) is 0 Å². The summed E-state index contributed by atoms with van der Waals surface area (Å²) in [5.74, 6) is 0.394. The van der Waals surface area contributed by atoms with Crippen LogP contribution in [0.1, 0.15) is 52.0 Å². The smallest absolute Gasteiger partial charge is 0.244 e. The Labute approximate surface area is 177 Å². The number of carbonyl (C=O) groups excluding carboxylic acids is 1. The van der Waals surface area contributed by atoms with E-state index in [1.54, 1.807) is 30.3 Å². The summed E-state index contributed by atoms with van der Waals surface area (Å²) in [6, 6.07) is 6.45. The first-order valence-corrected chi connectivity index (χ1v) is 13.1. The van der Waals surface area contributed by atoms with Crippen molar-refractivity contribution in [3.05, 3.63) is 35.9 Å². The average Bonchev–Trinajstić information content (AvgIpc) is 2.73. The molecule has 162 valence electrons. The van der Waals surface area contributed by atoms with Crippen molar-refractivity contribution in [3.63, 3.8) is 0 Å². The zero-order valence-corrected chi connectivity index (χ0v) is 19.1. The van der Waals surface area contributed by atoms with Gasteiger partial charge < -0.3 is 5.32 Å². The molecule has 1 aromatic rings. The van der Waals surface area contributed by atoms with Crippen molar-refractivity contribution >= 4 is 32.8 Å². The Hall–Kier alpha value is -1.51. The van der Waals surface area contributed by atoms with E-state index in [1.165, 1.54) is 10.4 Å². The molecule has 1 aliphatic carbocycles. The minimum atomic E-state index is -3.48. The molecular weight excluding hydrogens is 408 g/mol. The lowest BCUT2D eigenvalue weighted by molar-refractivity contribution is -0.117. The second kappa shape index (κ2) is 11.0. The van der Waals surface area contributed by atoms with Gasteiger partial charge in [-0.3, -0.25) is 9.00 Å². The number of hydrogen-bond donors (Lipinski definition) is 1. The summed E-state index contributed by atoms with van der Waals surface area (Å²) in [7, 11) is -4.40. The van der Waals surface area contributed by atoms with Gasteiger partial charge >= 0.3 is 0 Å². The lowest BCUT2D eigenvalue weighted by Gasteiger charge is -2.31. The highest BCUT2D eigenvalue weighted by Crippen LogP contribution is 2.23. The molecule has 29 heavy (non-hydrogen) atoms. The van der Waals surface area contributed by atoms with Gasteiger partial charge in [-0.25, -0.2) is 8.42 Å². The maximum absolute atomic E-state index is 12.5. The largest absolute Gasteiger partial charge is 0.349 e. The Balaban J connectivity index is 2.02. The average molecular weight is 441 g/mol. The normalized spacial score (nSPS) is 21.4. The van der Waals surface area contributed by atoms with E-state index in [0.29, 0.717) is 18.8 Å². The molecule has 0 saturated heterocycles. The summed E-state index contributed by atoms with van der Waals surface area (Å²) in [6.45, 7) is 6.37. The van der Waals surface area contributed by atoms with Crippen LogP contribution in [-0.2, 0) is 25.6 Å². The number of amides is 1. The number of sulfonamides is 1. The zero-order valence-electron chi connectivity index (χ0n) is 17.5. The minimum Gasteiger partial charge on any atom is -0.349 e. The van der Waals surface area contributed by atoms with Crippen molar-refractivity contribution in [1.82, 2.24) is 9.62 Å². The first-order chi connectivity index (χ1) is 13.8. The van der Waals surface area contributed by atoms with Crippen molar-refractivity contribution < 1.29 is 17.4 Å². The van der Waals surface area contributed by atoms with Gasteiger partial charge in [0.15, 0.2) is 0 Å². The van der Waals surface area contributed by atoms with Crippen LogP contribution >= 0.6 is 0 Å². The summed E-state index contributed by atoms with van der Waals surface area (Å²) >= 11 is 0. The van der Waals surface area contributed by atoms with Crippen LogP contribution in [0.3, 0.4) is 0 Å². The highest BCUT2D eigenvalue weighted by atomic mass is 32.2. The Bertz CT molecular complexity index is 831. The Kier molecular flexibility index (Phi) is 9.04. The van der Waals surface area contributed by atoms with E-state index in [0.717, 1.165) is 31.2 Å². The molecule has 0 spiro atoms. The molecular formula is C21H32N2O4S2. The third-order valence-corrected chi connectivity index (χ3v) is 9.18. The van der Waals surface area contributed by atoms with E-state index in [-0.39, 0.29) is 22.1 Å². The van der Waals surface area contributed by atoms with Gasteiger partial charge in [0.05, 0.1) is 10.1 Å². The fourth-order valence-electron chi connectivity index (χ4n) is 3.66. The van der Waals surface area contributed by atoms with E-state index < -0.39 is 20.8 Å². The molecule has 1 saturated carbocycles. The molecule has 1 aliphatic rings. The second-order valence-electron chi connectivity index (χ2n) is 7.10. The number of hydrogen-bond acceptors (Lipinski definition) is 4. The molecule has 0 unspecified atom stereocenters. The molecule has 3 atom stereocenters. The molecule has 8 heteroatoms. The number of nitrogens with one attached hydrogen (secondary N) is 1. The van der Waals surface area contributed by atoms with Crippen LogP contribution in [0.15, 0.2) is 35.2 Å². The van der Waals surface area contributed by atoms with E-state index in [4.69, 9.17) is 0 Å². The molecule has 2 rings (SSSR count). The van der Waals surface area contributed by atoms with E-state index in [2.05, 4.69) is 5.32 Å². The summed E-state index contributed by atoms with van der Waals surface area (Å²) in [5.41, 5.74) is 0.746. The predicted molar refractivity (Wildman–Crippen MR) is 118 cm³/mol. The van der Waals surface area contributed by atoms with Crippen LogP contribution in [-0.4, -0.2) is 53.0 Å². The Morgan fingerprint density at radius 3 is 2.34 bits per heavy atom. The van der Waals surface area contributed by atoms with Crippen molar-refractivity contribution in [2.45, 2.75) is 62.6 Å². The molecule has 0 bridgehead atoms.